The number of ether oxygens (including phenoxy) is 1. The molecule has 132 valence electrons. The number of pyridine rings is 1. The number of carbonyl (C=O) groups is 1. The van der Waals surface area contributed by atoms with Gasteiger partial charge in [0.2, 0.25) is 5.91 Å². The maximum Gasteiger partial charge on any atom is 0.244 e. The van der Waals surface area contributed by atoms with E-state index in [0.717, 1.165) is 18.9 Å². The second kappa shape index (κ2) is 10.6. The quantitative estimate of drug-likeness (QED) is 0.837. The van der Waals surface area contributed by atoms with Crippen LogP contribution < -0.4 is 15.5 Å². The second-order valence-corrected chi connectivity index (χ2v) is 5.07. The summed E-state index contributed by atoms with van der Waals surface area (Å²) >= 11 is 0. The fourth-order valence-electron chi connectivity index (χ4n) is 2.44. The van der Waals surface area contributed by atoms with Gasteiger partial charge in [-0.3, -0.25) is 4.79 Å². The number of anilines is 2. The highest BCUT2D eigenvalue weighted by molar-refractivity contribution is 5.95. The van der Waals surface area contributed by atoms with Gasteiger partial charge in [0, 0.05) is 19.6 Å². The molecule has 1 saturated heterocycles. The van der Waals surface area contributed by atoms with E-state index in [2.05, 4.69) is 34.4 Å². The zero-order valence-electron chi connectivity index (χ0n) is 13.7. The number of amides is 1. The maximum atomic E-state index is 12.2. The standard InChI is InChI=1S/C15H24N4O2.2ClH/c1-4-19(5-2)13-7-6-12(10-17-13)18-15(20)14-11(3)21-9-8-16-14;;/h6-7,10-11,14,16H,4-5,8-9H2,1-3H3,(H,18,20);2*1H/t11-,14+;;/m1../s1. The average molecular weight is 365 g/mol. The van der Waals surface area contributed by atoms with E-state index in [9.17, 15) is 4.79 Å². The molecular formula is C15H26Cl2N4O2. The lowest BCUT2D eigenvalue weighted by Crippen LogP contribution is -2.53. The van der Waals surface area contributed by atoms with Gasteiger partial charge in [-0.25, -0.2) is 4.98 Å². The highest BCUT2D eigenvalue weighted by atomic mass is 35.5. The van der Waals surface area contributed by atoms with Crippen LogP contribution in [-0.4, -0.2) is 49.3 Å². The van der Waals surface area contributed by atoms with E-state index in [1.807, 2.05) is 19.1 Å². The highest BCUT2D eigenvalue weighted by Gasteiger charge is 2.28. The van der Waals surface area contributed by atoms with Gasteiger partial charge in [0.15, 0.2) is 0 Å². The van der Waals surface area contributed by atoms with Crippen LogP contribution in [0, 0.1) is 0 Å². The van der Waals surface area contributed by atoms with Gasteiger partial charge >= 0.3 is 0 Å². The summed E-state index contributed by atoms with van der Waals surface area (Å²) in [5, 5.41) is 6.05. The maximum absolute atomic E-state index is 12.2. The molecule has 0 unspecified atom stereocenters. The molecule has 0 bridgehead atoms. The Morgan fingerprint density at radius 1 is 1.39 bits per heavy atom. The summed E-state index contributed by atoms with van der Waals surface area (Å²) in [7, 11) is 0. The lowest BCUT2D eigenvalue weighted by Gasteiger charge is -2.29. The number of hydrogen-bond acceptors (Lipinski definition) is 5. The normalized spacial score (nSPS) is 20.0. The molecule has 2 N–H and O–H groups in total. The predicted molar refractivity (Wildman–Crippen MR) is 98.1 cm³/mol. The van der Waals surface area contributed by atoms with Gasteiger partial charge < -0.3 is 20.3 Å². The summed E-state index contributed by atoms with van der Waals surface area (Å²) in [5.74, 6) is 0.838. The second-order valence-electron chi connectivity index (χ2n) is 5.07. The number of nitrogens with one attached hydrogen (secondary N) is 2. The van der Waals surface area contributed by atoms with Gasteiger partial charge in [-0.15, -0.1) is 24.8 Å². The highest BCUT2D eigenvalue weighted by Crippen LogP contribution is 2.15. The number of carbonyl (C=O) groups excluding carboxylic acids is 1. The van der Waals surface area contributed by atoms with E-state index < -0.39 is 0 Å². The molecule has 0 spiro atoms. The third-order valence-electron chi connectivity index (χ3n) is 3.70. The molecule has 0 radical (unpaired) electrons. The third-order valence-corrected chi connectivity index (χ3v) is 3.70. The van der Waals surface area contributed by atoms with Crippen LogP contribution in [0.25, 0.3) is 0 Å². The number of nitrogens with zero attached hydrogens (tertiary/aromatic N) is 2. The van der Waals surface area contributed by atoms with Crippen LogP contribution >= 0.6 is 24.8 Å². The number of morpholine rings is 1. The van der Waals surface area contributed by atoms with Crippen molar-refractivity contribution in [3.05, 3.63) is 18.3 Å². The van der Waals surface area contributed by atoms with Gasteiger partial charge in [0.25, 0.3) is 0 Å². The smallest absolute Gasteiger partial charge is 0.244 e. The monoisotopic (exact) mass is 364 g/mol. The van der Waals surface area contributed by atoms with Crippen LogP contribution in [0.4, 0.5) is 11.5 Å². The average Bonchev–Trinajstić information content (AvgIpc) is 2.50. The van der Waals surface area contributed by atoms with Gasteiger partial charge in [0.1, 0.15) is 11.9 Å². The van der Waals surface area contributed by atoms with E-state index in [0.29, 0.717) is 18.8 Å². The molecule has 2 heterocycles. The minimum absolute atomic E-state index is 0. The molecule has 2 atom stereocenters. The Morgan fingerprint density at radius 3 is 2.61 bits per heavy atom. The summed E-state index contributed by atoms with van der Waals surface area (Å²) < 4.78 is 5.48. The summed E-state index contributed by atoms with van der Waals surface area (Å²) in [6, 6.07) is 3.49. The molecule has 1 amide bonds. The number of halogens is 2. The van der Waals surface area contributed by atoms with Gasteiger partial charge in [-0.05, 0) is 32.9 Å². The van der Waals surface area contributed by atoms with Gasteiger partial charge in [-0.2, -0.15) is 0 Å². The fraction of sp³-hybridized carbons (Fsp3) is 0.600. The SMILES string of the molecule is CCN(CC)c1ccc(NC(=O)[C@H]2NCCO[C@@H]2C)cn1.Cl.Cl. The van der Waals surface area contributed by atoms with Crippen molar-refractivity contribution in [2.24, 2.45) is 0 Å². The Labute approximate surface area is 150 Å². The Bertz CT molecular complexity index is 469. The van der Waals surface area contributed by atoms with Crippen LogP contribution in [0.2, 0.25) is 0 Å². The Balaban J connectivity index is 0.00000242. The van der Waals surface area contributed by atoms with Crippen molar-refractivity contribution in [1.82, 2.24) is 10.3 Å². The van der Waals surface area contributed by atoms with Crippen molar-refractivity contribution in [2.75, 3.05) is 36.5 Å². The molecule has 0 aromatic carbocycles. The van der Waals surface area contributed by atoms with E-state index in [4.69, 9.17) is 4.74 Å². The van der Waals surface area contributed by atoms with Crippen molar-refractivity contribution < 1.29 is 9.53 Å². The molecule has 0 saturated carbocycles. The van der Waals surface area contributed by atoms with Crippen molar-refractivity contribution in [1.29, 1.82) is 0 Å². The topological polar surface area (TPSA) is 66.5 Å². The van der Waals surface area contributed by atoms with Crippen LogP contribution in [-0.2, 0) is 9.53 Å². The fourth-order valence-corrected chi connectivity index (χ4v) is 2.44. The van der Waals surface area contributed by atoms with Crippen molar-refractivity contribution in [3.63, 3.8) is 0 Å². The van der Waals surface area contributed by atoms with Crippen molar-refractivity contribution >= 4 is 42.2 Å². The van der Waals surface area contributed by atoms with Crippen LogP contribution in [0.15, 0.2) is 18.3 Å². The molecule has 0 aliphatic carbocycles. The van der Waals surface area contributed by atoms with E-state index >= 15 is 0 Å². The molecule has 1 aliphatic heterocycles. The largest absolute Gasteiger partial charge is 0.375 e. The molecule has 6 nitrogen and oxygen atoms in total. The minimum Gasteiger partial charge on any atom is -0.375 e. The lowest BCUT2D eigenvalue weighted by atomic mass is 10.1. The molecule has 1 aromatic rings. The van der Waals surface area contributed by atoms with Gasteiger partial charge in [0.05, 0.1) is 24.6 Å². The summed E-state index contributed by atoms with van der Waals surface area (Å²) in [5.41, 5.74) is 0.704. The molecule has 1 aromatic heterocycles. The molecule has 23 heavy (non-hydrogen) atoms. The van der Waals surface area contributed by atoms with Crippen molar-refractivity contribution in [2.45, 2.75) is 32.9 Å². The third kappa shape index (κ3) is 5.80. The summed E-state index contributed by atoms with van der Waals surface area (Å²) in [4.78, 5) is 18.8. The first kappa shape index (κ1) is 21.9. The first-order chi connectivity index (χ1) is 10.2. The minimum atomic E-state index is -0.318. The zero-order chi connectivity index (χ0) is 15.2. The predicted octanol–water partition coefficient (Wildman–Crippen LogP) is 2.09. The first-order valence-electron chi connectivity index (χ1n) is 7.52. The van der Waals surface area contributed by atoms with E-state index in [1.54, 1.807) is 6.20 Å². The van der Waals surface area contributed by atoms with E-state index in [-0.39, 0.29) is 42.9 Å². The van der Waals surface area contributed by atoms with Gasteiger partial charge in [-0.1, -0.05) is 0 Å². The van der Waals surface area contributed by atoms with Crippen LogP contribution in [0.5, 0.6) is 0 Å². The number of aromatic nitrogens is 1. The Morgan fingerprint density at radius 2 is 2.09 bits per heavy atom. The number of hydrogen-bond donors (Lipinski definition) is 2. The molecular weight excluding hydrogens is 339 g/mol. The number of rotatable bonds is 5. The summed E-state index contributed by atoms with van der Waals surface area (Å²) in [6.07, 6.45) is 1.57. The molecule has 2 rings (SSSR count). The van der Waals surface area contributed by atoms with E-state index in [1.165, 1.54) is 0 Å². The zero-order valence-corrected chi connectivity index (χ0v) is 15.4. The van der Waals surface area contributed by atoms with Crippen LogP contribution in [0.3, 0.4) is 0 Å². The first-order valence-corrected chi connectivity index (χ1v) is 7.52. The van der Waals surface area contributed by atoms with Crippen molar-refractivity contribution in [3.8, 4) is 0 Å². The van der Waals surface area contributed by atoms with Crippen LogP contribution in [0.1, 0.15) is 20.8 Å². The molecule has 1 fully saturated rings. The molecule has 1 aliphatic rings. The lowest BCUT2D eigenvalue weighted by molar-refractivity contribution is -0.123. The Hall–Kier alpha value is -1.08. The Kier molecular flexibility index (Phi) is 10.1. The molecule has 8 heteroatoms. The summed E-state index contributed by atoms with van der Waals surface area (Å²) in [6.45, 7) is 9.25.